The Hall–Kier alpha value is -0.100. The van der Waals surface area contributed by atoms with Crippen molar-refractivity contribution in [3.63, 3.8) is 0 Å². The van der Waals surface area contributed by atoms with Gasteiger partial charge in [-0.3, -0.25) is 4.79 Å². The molecule has 0 aliphatic carbocycles. The third-order valence-electron chi connectivity index (χ3n) is 1.95. The Morgan fingerprint density at radius 1 is 1.54 bits per heavy atom. The van der Waals surface area contributed by atoms with E-state index >= 15 is 0 Å². The van der Waals surface area contributed by atoms with Gasteiger partial charge >= 0.3 is 0 Å². The molecule has 1 aliphatic rings. The Morgan fingerprint density at radius 2 is 2.23 bits per heavy atom. The summed E-state index contributed by atoms with van der Waals surface area (Å²) in [7, 11) is -2.92. The number of carbonyl (C=O) groups excluding carboxylic acids is 1. The van der Waals surface area contributed by atoms with Crippen molar-refractivity contribution in [2.45, 2.75) is 18.9 Å². The van der Waals surface area contributed by atoms with Crippen LogP contribution in [0.15, 0.2) is 0 Å². The van der Waals surface area contributed by atoms with E-state index < -0.39 is 9.84 Å². The van der Waals surface area contributed by atoms with E-state index in [4.69, 9.17) is 0 Å². The Bertz CT molecular complexity index is 288. The molecule has 6 heteroatoms. The molecule has 0 aromatic carbocycles. The zero-order valence-electron chi connectivity index (χ0n) is 7.12. The van der Waals surface area contributed by atoms with E-state index in [1.54, 1.807) is 0 Å². The minimum absolute atomic E-state index is 0.0890. The topological polar surface area (TPSA) is 63.2 Å². The Kier molecular flexibility index (Phi) is 3.73. The van der Waals surface area contributed by atoms with Gasteiger partial charge in [0.2, 0.25) is 5.91 Å². The maximum Gasteiger partial charge on any atom is 0.230 e. The Balaban J connectivity index is 2.48. The molecule has 0 saturated carbocycles. The maximum atomic E-state index is 11.2. The van der Waals surface area contributed by atoms with Gasteiger partial charge in [0.1, 0.15) is 0 Å². The molecule has 0 aromatic heterocycles. The van der Waals surface area contributed by atoms with E-state index in [2.05, 4.69) is 21.2 Å². The van der Waals surface area contributed by atoms with Crippen LogP contribution in [-0.4, -0.2) is 37.2 Å². The van der Waals surface area contributed by atoms with Crippen LogP contribution in [0.2, 0.25) is 0 Å². The molecule has 1 amide bonds. The summed E-state index contributed by atoms with van der Waals surface area (Å²) in [5.41, 5.74) is 0. The van der Waals surface area contributed by atoms with Crippen LogP contribution in [0.1, 0.15) is 12.8 Å². The van der Waals surface area contributed by atoms with Crippen molar-refractivity contribution in [1.82, 2.24) is 5.32 Å². The van der Waals surface area contributed by atoms with Gasteiger partial charge in [-0.25, -0.2) is 8.42 Å². The molecule has 13 heavy (non-hydrogen) atoms. The van der Waals surface area contributed by atoms with Gasteiger partial charge in [-0.2, -0.15) is 0 Å². The maximum absolute atomic E-state index is 11.2. The second-order valence-corrected chi connectivity index (χ2v) is 5.94. The van der Waals surface area contributed by atoms with Crippen LogP contribution in [0, 0.1) is 0 Å². The van der Waals surface area contributed by atoms with Gasteiger partial charge in [0.25, 0.3) is 0 Å². The van der Waals surface area contributed by atoms with Gasteiger partial charge in [-0.15, -0.1) is 0 Å². The summed E-state index contributed by atoms with van der Waals surface area (Å²) in [6.45, 7) is 0. The van der Waals surface area contributed by atoms with Crippen molar-refractivity contribution in [3.8, 4) is 0 Å². The quantitative estimate of drug-likeness (QED) is 0.722. The fourth-order valence-corrected chi connectivity index (χ4v) is 3.20. The van der Waals surface area contributed by atoms with Crippen molar-refractivity contribution in [2.24, 2.45) is 0 Å². The SMILES string of the molecule is O=C(CBr)NC1CCCS(=O)(=O)C1. The van der Waals surface area contributed by atoms with Crippen molar-refractivity contribution in [1.29, 1.82) is 0 Å². The van der Waals surface area contributed by atoms with E-state index in [0.717, 1.165) is 6.42 Å². The van der Waals surface area contributed by atoms with Crippen LogP contribution in [0.25, 0.3) is 0 Å². The number of carbonyl (C=O) groups is 1. The minimum Gasteiger partial charge on any atom is -0.352 e. The largest absolute Gasteiger partial charge is 0.352 e. The molecule has 1 rings (SSSR count). The Morgan fingerprint density at radius 3 is 2.77 bits per heavy atom. The number of amides is 1. The molecule has 1 unspecified atom stereocenters. The van der Waals surface area contributed by atoms with Crippen molar-refractivity contribution in [2.75, 3.05) is 16.8 Å². The van der Waals surface area contributed by atoms with E-state index in [1.165, 1.54) is 0 Å². The average molecular weight is 270 g/mol. The summed E-state index contributed by atoms with van der Waals surface area (Å²) in [6.07, 6.45) is 1.41. The van der Waals surface area contributed by atoms with E-state index in [1.807, 2.05) is 0 Å². The van der Waals surface area contributed by atoms with Gasteiger partial charge in [0.05, 0.1) is 16.8 Å². The highest BCUT2D eigenvalue weighted by Crippen LogP contribution is 2.11. The van der Waals surface area contributed by atoms with Crippen LogP contribution < -0.4 is 5.32 Å². The Labute approximate surface area is 86.1 Å². The van der Waals surface area contributed by atoms with Gasteiger partial charge in [0.15, 0.2) is 9.84 Å². The van der Waals surface area contributed by atoms with E-state index in [0.29, 0.717) is 6.42 Å². The van der Waals surface area contributed by atoms with Crippen LogP contribution in [0.4, 0.5) is 0 Å². The highest BCUT2D eigenvalue weighted by molar-refractivity contribution is 9.09. The lowest BCUT2D eigenvalue weighted by atomic mass is 10.2. The molecule has 4 nitrogen and oxygen atoms in total. The monoisotopic (exact) mass is 269 g/mol. The molecule has 76 valence electrons. The normalized spacial score (nSPS) is 26.7. The lowest BCUT2D eigenvalue weighted by Gasteiger charge is -2.22. The standard InChI is InChI=1S/C7H12BrNO3S/c8-4-7(10)9-6-2-1-3-13(11,12)5-6/h6H,1-5H2,(H,9,10). The number of halogens is 1. The molecule has 0 bridgehead atoms. The number of sulfone groups is 1. The van der Waals surface area contributed by atoms with Crippen LogP contribution in [-0.2, 0) is 14.6 Å². The second-order valence-electron chi connectivity index (χ2n) is 3.15. The first-order valence-electron chi connectivity index (χ1n) is 4.09. The van der Waals surface area contributed by atoms with Crippen molar-refractivity contribution >= 4 is 31.7 Å². The fourth-order valence-electron chi connectivity index (χ4n) is 1.40. The van der Waals surface area contributed by atoms with Crippen molar-refractivity contribution in [3.05, 3.63) is 0 Å². The smallest absolute Gasteiger partial charge is 0.230 e. The van der Waals surface area contributed by atoms with Crippen molar-refractivity contribution < 1.29 is 13.2 Å². The molecule has 0 spiro atoms. The molecule has 1 atom stereocenters. The molecule has 0 radical (unpaired) electrons. The van der Waals surface area contributed by atoms with Gasteiger partial charge < -0.3 is 5.32 Å². The minimum atomic E-state index is -2.92. The second kappa shape index (κ2) is 4.41. The van der Waals surface area contributed by atoms with E-state index in [9.17, 15) is 13.2 Å². The lowest BCUT2D eigenvalue weighted by molar-refractivity contribution is -0.119. The van der Waals surface area contributed by atoms with Crippen LogP contribution in [0.3, 0.4) is 0 Å². The zero-order chi connectivity index (χ0) is 9.90. The summed E-state index contributed by atoms with van der Waals surface area (Å²) < 4.78 is 22.3. The van der Waals surface area contributed by atoms with E-state index in [-0.39, 0.29) is 28.8 Å². The number of alkyl halides is 1. The molecule has 1 N–H and O–H groups in total. The molecule has 0 aromatic rings. The fraction of sp³-hybridized carbons (Fsp3) is 0.857. The molecule has 1 aliphatic heterocycles. The predicted molar refractivity (Wildman–Crippen MR) is 53.6 cm³/mol. The summed E-state index contributed by atoms with van der Waals surface area (Å²) >= 11 is 3.01. The van der Waals surface area contributed by atoms with Gasteiger partial charge in [0, 0.05) is 6.04 Å². The lowest BCUT2D eigenvalue weighted by Crippen LogP contribution is -2.43. The third-order valence-corrected chi connectivity index (χ3v) is 4.28. The first kappa shape index (κ1) is 11.0. The summed E-state index contributed by atoms with van der Waals surface area (Å²) in [6, 6.07) is -0.191. The molecule has 1 fully saturated rings. The zero-order valence-corrected chi connectivity index (χ0v) is 9.53. The first-order valence-corrected chi connectivity index (χ1v) is 7.03. The number of hydrogen-bond donors (Lipinski definition) is 1. The summed E-state index contributed by atoms with van der Waals surface area (Å²) in [5.74, 6) is 0.196. The van der Waals surface area contributed by atoms with Gasteiger partial charge in [-0.05, 0) is 12.8 Å². The molecule has 1 saturated heterocycles. The molecular weight excluding hydrogens is 258 g/mol. The number of hydrogen-bond acceptors (Lipinski definition) is 3. The number of rotatable bonds is 2. The average Bonchev–Trinajstić information content (AvgIpc) is 2.02. The summed E-state index contributed by atoms with van der Waals surface area (Å²) in [5, 5.41) is 2.88. The highest BCUT2D eigenvalue weighted by atomic mass is 79.9. The number of nitrogens with one attached hydrogen (secondary N) is 1. The summed E-state index contributed by atoms with van der Waals surface area (Å²) in [4.78, 5) is 10.9. The highest BCUT2D eigenvalue weighted by Gasteiger charge is 2.25. The first-order chi connectivity index (χ1) is 6.03. The molecular formula is C7H12BrNO3S. The predicted octanol–water partition coefficient (Wildman–Crippen LogP) is 0.0747. The van der Waals surface area contributed by atoms with Crippen LogP contribution >= 0.6 is 15.9 Å². The molecule has 1 heterocycles. The van der Waals surface area contributed by atoms with Gasteiger partial charge in [-0.1, -0.05) is 15.9 Å². The third kappa shape index (κ3) is 3.64. The van der Waals surface area contributed by atoms with Crippen LogP contribution in [0.5, 0.6) is 0 Å².